The van der Waals surface area contributed by atoms with Gasteiger partial charge in [-0.1, -0.05) is 23.7 Å². The average molecular weight is 291 g/mol. The minimum atomic E-state index is -0.413. The second-order valence-electron chi connectivity index (χ2n) is 4.35. The molecular formula is C15H15ClN2O2. The Morgan fingerprint density at radius 3 is 2.70 bits per heavy atom. The van der Waals surface area contributed by atoms with E-state index in [1.807, 2.05) is 19.1 Å². The van der Waals surface area contributed by atoms with Crippen molar-refractivity contribution in [2.45, 2.75) is 6.92 Å². The number of esters is 1. The van der Waals surface area contributed by atoms with Crippen molar-refractivity contribution >= 4 is 34.6 Å². The predicted molar refractivity (Wildman–Crippen MR) is 81.7 cm³/mol. The van der Waals surface area contributed by atoms with Crippen molar-refractivity contribution < 1.29 is 9.53 Å². The van der Waals surface area contributed by atoms with Gasteiger partial charge >= 0.3 is 5.97 Å². The van der Waals surface area contributed by atoms with Gasteiger partial charge in [-0.3, -0.25) is 0 Å². The molecule has 0 saturated carbocycles. The van der Waals surface area contributed by atoms with Crippen LogP contribution in [0.5, 0.6) is 0 Å². The third-order valence-corrected chi connectivity index (χ3v) is 3.27. The van der Waals surface area contributed by atoms with Gasteiger partial charge in [0.15, 0.2) is 0 Å². The molecule has 0 aliphatic rings. The fourth-order valence-corrected chi connectivity index (χ4v) is 2.10. The molecule has 0 atom stereocenters. The molecule has 5 heteroatoms. The highest BCUT2D eigenvalue weighted by Gasteiger charge is 2.10. The first-order valence-corrected chi connectivity index (χ1v) is 6.40. The number of carbonyl (C=O) groups is 1. The van der Waals surface area contributed by atoms with Gasteiger partial charge in [0, 0.05) is 0 Å². The van der Waals surface area contributed by atoms with Crippen LogP contribution in [0.2, 0.25) is 5.02 Å². The summed E-state index contributed by atoms with van der Waals surface area (Å²) in [5.41, 5.74) is 9.24. The Morgan fingerprint density at radius 1 is 1.30 bits per heavy atom. The Morgan fingerprint density at radius 2 is 2.05 bits per heavy atom. The van der Waals surface area contributed by atoms with Gasteiger partial charge < -0.3 is 15.8 Å². The minimum Gasteiger partial charge on any atom is -0.465 e. The van der Waals surface area contributed by atoms with Gasteiger partial charge in [-0.15, -0.1) is 0 Å². The van der Waals surface area contributed by atoms with Crippen LogP contribution in [-0.2, 0) is 4.74 Å². The zero-order valence-corrected chi connectivity index (χ0v) is 12.0. The number of methoxy groups -OCH3 is 1. The van der Waals surface area contributed by atoms with Crippen LogP contribution in [0.3, 0.4) is 0 Å². The highest BCUT2D eigenvalue weighted by molar-refractivity contribution is 6.33. The van der Waals surface area contributed by atoms with Gasteiger partial charge in [0.05, 0.1) is 34.8 Å². The molecule has 2 aromatic carbocycles. The molecular weight excluding hydrogens is 276 g/mol. The Hall–Kier alpha value is -2.20. The van der Waals surface area contributed by atoms with Crippen molar-refractivity contribution in [2.24, 2.45) is 0 Å². The van der Waals surface area contributed by atoms with Crippen LogP contribution < -0.4 is 11.1 Å². The SMILES string of the molecule is COC(=O)c1ccc(N)c(Nc2c(C)cccc2Cl)c1. The van der Waals surface area contributed by atoms with E-state index in [0.717, 1.165) is 11.3 Å². The number of nitrogen functional groups attached to an aromatic ring is 1. The van der Waals surface area contributed by atoms with Crippen LogP contribution >= 0.6 is 11.6 Å². The van der Waals surface area contributed by atoms with E-state index in [2.05, 4.69) is 5.32 Å². The van der Waals surface area contributed by atoms with E-state index in [9.17, 15) is 4.79 Å². The van der Waals surface area contributed by atoms with Crippen molar-refractivity contribution in [3.8, 4) is 0 Å². The second-order valence-corrected chi connectivity index (χ2v) is 4.76. The summed E-state index contributed by atoms with van der Waals surface area (Å²) >= 11 is 6.17. The van der Waals surface area contributed by atoms with Crippen molar-refractivity contribution in [1.29, 1.82) is 0 Å². The lowest BCUT2D eigenvalue weighted by molar-refractivity contribution is 0.0601. The van der Waals surface area contributed by atoms with Crippen LogP contribution in [0.1, 0.15) is 15.9 Å². The summed E-state index contributed by atoms with van der Waals surface area (Å²) in [6, 6.07) is 10.5. The minimum absolute atomic E-state index is 0.413. The first-order valence-electron chi connectivity index (χ1n) is 6.03. The molecule has 20 heavy (non-hydrogen) atoms. The third kappa shape index (κ3) is 2.86. The van der Waals surface area contributed by atoms with Crippen LogP contribution in [0.15, 0.2) is 36.4 Å². The van der Waals surface area contributed by atoms with Crippen molar-refractivity contribution in [1.82, 2.24) is 0 Å². The van der Waals surface area contributed by atoms with Crippen LogP contribution in [0.25, 0.3) is 0 Å². The third-order valence-electron chi connectivity index (χ3n) is 2.96. The van der Waals surface area contributed by atoms with E-state index in [4.69, 9.17) is 22.1 Å². The maximum absolute atomic E-state index is 11.5. The van der Waals surface area contributed by atoms with Crippen LogP contribution in [-0.4, -0.2) is 13.1 Å². The molecule has 0 bridgehead atoms. The molecule has 0 unspecified atom stereocenters. The molecule has 2 aromatic rings. The molecule has 0 radical (unpaired) electrons. The number of nitrogens with one attached hydrogen (secondary N) is 1. The number of rotatable bonds is 3. The Kier molecular flexibility index (Phi) is 4.15. The summed E-state index contributed by atoms with van der Waals surface area (Å²) in [4.78, 5) is 11.5. The number of halogens is 1. The molecule has 0 aliphatic heterocycles. The van der Waals surface area contributed by atoms with Gasteiger partial charge in [-0.05, 0) is 36.8 Å². The number of benzene rings is 2. The molecule has 0 aromatic heterocycles. The van der Waals surface area contributed by atoms with Gasteiger partial charge in [-0.25, -0.2) is 4.79 Å². The average Bonchev–Trinajstić information content (AvgIpc) is 2.44. The number of anilines is 3. The van der Waals surface area contributed by atoms with E-state index in [1.54, 1.807) is 24.3 Å². The van der Waals surface area contributed by atoms with Crippen molar-refractivity contribution in [2.75, 3.05) is 18.2 Å². The Labute approximate surface area is 122 Å². The lowest BCUT2D eigenvalue weighted by Gasteiger charge is -2.14. The summed E-state index contributed by atoms with van der Waals surface area (Å²) in [5.74, 6) is -0.413. The molecule has 2 rings (SSSR count). The Bertz CT molecular complexity index is 636. The molecule has 0 fully saturated rings. The number of ether oxygens (including phenoxy) is 1. The molecule has 0 amide bonds. The Balaban J connectivity index is 2.40. The number of hydrogen-bond acceptors (Lipinski definition) is 4. The van der Waals surface area contributed by atoms with Gasteiger partial charge in [0.1, 0.15) is 0 Å². The summed E-state index contributed by atoms with van der Waals surface area (Å²) in [6.07, 6.45) is 0. The molecule has 104 valence electrons. The van der Waals surface area contributed by atoms with E-state index in [1.165, 1.54) is 7.11 Å². The second kappa shape index (κ2) is 5.84. The van der Waals surface area contributed by atoms with Gasteiger partial charge in [-0.2, -0.15) is 0 Å². The summed E-state index contributed by atoms with van der Waals surface area (Å²) in [7, 11) is 1.34. The first kappa shape index (κ1) is 14.2. The van der Waals surface area contributed by atoms with E-state index in [-0.39, 0.29) is 0 Å². The van der Waals surface area contributed by atoms with Crippen LogP contribution in [0, 0.1) is 6.92 Å². The largest absolute Gasteiger partial charge is 0.465 e. The normalized spacial score (nSPS) is 10.2. The summed E-state index contributed by atoms with van der Waals surface area (Å²) < 4.78 is 4.70. The van der Waals surface area contributed by atoms with Gasteiger partial charge in [0.25, 0.3) is 0 Å². The highest BCUT2D eigenvalue weighted by Crippen LogP contribution is 2.31. The van der Waals surface area contributed by atoms with Gasteiger partial charge in [0.2, 0.25) is 0 Å². The first-order chi connectivity index (χ1) is 9.52. The quantitative estimate of drug-likeness (QED) is 0.667. The number of carbonyl (C=O) groups excluding carboxylic acids is 1. The maximum atomic E-state index is 11.5. The molecule has 3 N–H and O–H groups in total. The number of hydrogen-bond donors (Lipinski definition) is 2. The smallest absolute Gasteiger partial charge is 0.337 e. The number of aryl methyl sites for hydroxylation is 1. The zero-order valence-electron chi connectivity index (χ0n) is 11.2. The summed E-state index contributed by atoms with van der Waals surface area (Å²) in [6.45, 7) is 1.94. The molecule has 0 aliphatic carbocycles. The lowest BCUT2D eigenvalue weighted by Crippen LogP contribution is -2.04. The molecule has 0 spiro atoms. The monoisotopic (exact) mass is 290 g/mol. The summed E-state index contributed by atoms with van der Waals surface area (Å²) in [5, 5.41) is 3.75. The van der Waals surface area contributed by atoms with Crippen LogP contribution in [0.4, 0.5) is 17.1 Å². The highest BCUT2D eigenvalue weighted by atomic mass is 35.5. The standard InChI is InChI=1S/C15H15ClN2O2/c1-9-4-3-5-11(16)14(9)18-13-8-10(15(19)20-2)6-7-12(13)17/h3-8,18H,17H2,1-2H3. The lowest BCUT2D eigenvalue weighted by atomic mass is 10.1. The predicted octanol–water partition coefficient (Wildman–Crippen LogP) is 3.76. The molecule has 0 saturated heterocycles. The fourth-order valence-electron chi connectivity index (χ4n) is 1.83. The van der Waals surface area contributed by atoms with Crippen molar-refractivity contribution in [3.05, 3.63) is 52.5 Å². The number of nitrogens with two attached hydrogens (primary N) is 1. The van der Waals surface area contributed by atoms with Crippen molar-refractivity contribution in [3.63, 3.8) is 0 Å². The number of para-hydroxylation sites is 1. The molecule has 4 nitrogen and oxygen atoms in total. The fraction of sp³-hybridized carbons (Fsp3) is 0.133. The molecule has 0 heterocycles. The maximum Gasteiger partial charge on any atom is 0.337 e. The van der Waals surface area contributed by atoms with E-state index in [0.29, 0.717) is 22.0 Å². The topological polar surface area (TPSA) is 64.3 Å². The van der Waals surface area contributed by atoms with E-state index < -0.39 is 5.97 Å². The zero-order chi connectivity index (χ0) is 14.7. The van der Waals surface area contributed by atoms with E-state index >= 15 is 0 Å².